The molecule has 2 aromatic rings. The highest BCUT2D eigenvalue weighted by atomic mass is 35.5. The molecule has 0 saturated carbocycles. The molecule has 0 N–H and O–H groups in total. The maximum atomic E-state index is 13.4. The third-order valence-electron chi connectivity index (χ3n) is 6.78. The molecule has 0 aliphatic carbocycles. The van der Waals surface area contributed by atoms with Gasteiger partial charge in [-0.05, 0) is 80.2 Å². The van der Waals surface area contributed by atoms with Crippen molar-refractivity contribution in [1.29, 1.82) is 0 Å². The van der Waals surface area contributed by atoms with E-state index in [-0.39, 0.29) is 11.3 Å². The van der Waals surface area contributed by atoms with E-state index in [4.69, 9.17) is 11.6 Å². The maximum absolute atomic E-state index is 13.4. The van der Waals surface area contributed by atoms with Gasteiger partial charge in [0.25, 0.3) is 5.91 Å². The third-order valence-corrected chi connectivity index (χ3v) is 9.89. The minimum atomic E-state index is -3.58. The highest BCUT2D eigenvalue weighted by Crippen LogP contribution is 2.43. The summed E-state index contributed by atoms with van der Waals surface area (Å²) in [4.78, 5) is 19.6. The Morgan fingerprint density at radius 2 is 1.81 bits per heavy atom. The zero-order valence-electron chi connectivity index (χ0n) is 18.6. The summed E-state index contributed by atoms with van der Waals surface area (Å²) < 4.78 is 28.4. The van der Waals surface area contributed by atoms with Gasteiger partial charge in [0.1, 0.15) is 5.03 Å². The van der Waals surface area contributed by atoms with Gasteiger partial charge in [-0.2, -0.15) is 4.31 Å². The van der Waals surface area contributed by atoms with Gasteiger partial charge >= 0.3 is 0 Å². The van der Waals surface area contributed by atoms with Crippen LogP contribution in [0.4, 0.5) is 0 Å². The van der Waals surface area contributed by atoms with Gasteiger partial charge in [-0.1, -0.05) is 11.6 Å². The van der Waals surface area contributed by atoms with E-state index < -0.39 is 10.0 Å². The van der Waals surface area contributed by atoms with E-state index >= 15 is 0 Å². The predicted molar refractivity (Wildman–Crippen MR) is 128 cm³/mol. The lowest BCUT2D eigenvalue weighted by Crippen LogP contribution is -2.44. The largest absolute Gasteiger partial charge is 0.339 e. The second kappa shape index (κ2) is 8.97. The first kappa shape index (κ1) is 23.5. The number of halogens is 1. The molecule has 0 atom stereocenters. The molecule has 2 saturated heterocycles. The molecule has 172 valence electrons. The molecule has 32 heavy (non-hydrogen) atoms. The molecule has 4 rings (SSSR count). The Morgan fingerprint density at radius 3 is 2.50 bits per heavy atom. The van der Waals surface area contributed by atoms with E-state index in [0.29, 0.717) is 47.2 Å². The van der Waals surface area contributed by atoms with Crippen LogP contribution in [0.15, 0.2) is 40.4 Å². The number of pyridine rings is 1. The summed E-state index contributed by atoms with van der Waals surface area (Å²) in [6.07, 6.45) is 6.05. The number of aromatic nitrogens is 1. The average Bonchev–Trinajstić information content (AvgIpc) is 3.20. The summed E-state index contributed by atoms with van der Waals surface area (Å²) in [5, 5.41) is 1.32. The second-order valence-electron chi connectivity index (χ2n) is 8.81. The van der Waals surface area contributed by atoms with E-state index in [1.165, 1.54) is 11.8 Å². The van der Waals surface area contributed by atoms with E-state index in [0.717, 1.165) is 29.9 Å². The van der Waals surface area contributed by atoms with Crippen LogP contribution in [0.25, 0.3) is 0 Å². The number of hydrogen-bond donors (Lipinski definition) is 0. The van der Waals surface area contributed by atoms with Gasteiger partial charge in [0.2, 0.25) is 10.0 Å². The van der Waals surface area contributed by atoms with Gasteiger partial charge in [-0.25, -0.2) is 13.4 Å². The molecular formula is C23H28ClN3O3S2. The van der Waals surface area contributed by atoms with Crippen LogP contribution in [0.2, 0.25) is 5.02 Å². The average molecular weight is 494 g/mol. The number of thioether (sulfide) groups is 1. The fourth-order valence-electron chi connectivity index (χ4n) is 4.75. The molecule has 1 spiro atoms. The number of aryl methyl sites for hydroxylation is 2. The number of carbonyl (C=O) groups excluding carboxylic acids is 1. The van der Waals surface area contributed by atoms with Gasteiger partial charge in [-0.3, -0.25) is 4.79 Å². The number of carbonyl (C=O) groups is 1. The SMILES string of the molecule is CSc1ncccc1C(=O)N1CCC2(CC1)CCN(S(=O)(=O)c1cc(C)c(Cl)cc1C)C2. The first-order chi connectivity index (χ1) is 15.2. The smallest absolute Gasteiger partial charge is 0.256 e. The van der Waals surface area contributed by atoms with Crippen molar-refractivity contribution in [2.75, 3.05) is 32.4 Å². The molecule has 1 amide bonds. The summed E-state index contributed by atoms with van der Waals surface area (Å²) >= 11 is 7.64. The number of benzene rings is 1. The lowest BCUT2D eigenvalue weighted by molar-refractivity contribution is 0.0595. The van der Waals surface area contributed by atoms with Crippen LogP contribution in [-0.4, -0.2) is 60.9 Å². The van der Waals surface area contributed by atoms with Crippen molar-refractivity contribution in [2.45, 2.75) is 43.0 Å². The fraction of sp³-hybridized carbons (Fsp3) is 0.478. The molecule has 6 nitrogen and oxygen atoms in total. The monoisotopic (exact) mass is 493 g/mol. The minimum Gasteiger partial charge on any atom is -0.339 e. The van der Waals surface area contributed by atoms with Crippen molar-refractivity contribution >= 4 is 39.3 Å². The van der Waals surface area contributed by atoms with E-state index in [2.05, 4.69) is 4.98 Å². The third kappa shape index (κ3) is 4.30. The number of nitrogens with zero attached hydrogens (tertiary/aromatic N) is 3. The summed E-state index contributed by atoms with van der Waals surface area (Å²) in [5.74, 6) is 0.00652. The number of amides is 1. The van der Waals surface area contributed by atoms with Crippen LogP contribution in [0.3, 0.4) is 0 Å². The molecule has 9 heteroatoms. The van der Waals surface area contributed by atoms with Crippen molar-refractivity contribution in [3.8, 4) is 0 Å². The first-order valence-electron chi connectivity index (χ1n) is 10.7. The van der Waals surface area contributed by atoms with E-state index in [9.17, 15) is 13.2 Å². The number of sulfonamides is 1. The molecular weight excluding hydrogens is 466 g/mol. The van der Waals surface area contributed by atoms with E-state index in [1.807, 2.05) is 24.1 Å². The van der Waals surface area contributed by atoms with Crippen molar-refractivity contribution in [1.82, 2.24) is 14.2 Å². The Kier molecular flexibility index (Phi) is 6.60. The fourth-order valence-corrected chi connectivity index (χ4v) is 7.35. The van der Waals surface area contributed by atoms with Crippen LogP contribution in [0, 0.1) is 19.3 Å². The lowest BCUT2D eigenvalue weighted by Gasteiger charge is -2.39. The number of likely N-dealkylation sites (tertiary alicyclic amines) is 1. The predicted octanol–water partition coefficient (Wildman–Crippen LogP) is 4.39. The van der Waals surface area contributed by atoms with Crippen LogP contribution < -0.4 is 0 Å². The van der Waals surface area contributed by atoms with Gasteiger partial charge in [0.05, 0.1) is 10.5 Å². The van der Waals surface area contributed by atoms with Gasteiger partial charge < -0.3 is 4.90 Å². The highest BCUT2D eigenvalue weighted by molar-refractivity contribution is 7.98. The van der Waals surface area contributed by atoms with Gasteiger partial charge in [-0.15, -0.1) is 11.8 Å². The first-order valence-corrected chi connectivity index (χ1v) is 13.8. The maximum Gasteiger partial charge on any atom is 0.256 e. The molecule has 1 aromatic carbocycles. The Balaban J connectivity index is 1.46. The number of hydrogen-bond acceptors (Lipinski definition) is 5. The summed E-state index contributed by atoms with van der Waals surface area (Å²) in [6.45, 7) is 5.89. The molecule has 0 bridgehead atoms. The van der Waals surface area contributed by atoms with Crippen molar-refractivity contribution in [2.24, 2.45) is 5.41 Å². The van der Waals surface area contributed by atoms with Crippen molar-refractivity contribution < 1.29 is 13.2 Å². The molecule has 2 aliphatic heterocycles. The highest BCUT2D eigenvalue weighted by Gasteiger charge is 2.45. The minimum absolute atomic E-state index is 0.00652. The van der Waals surface area contributed by atoms with Gasteiger partial charge in [0, 0.05) is 37.4 Å². The quantitative estimate of drug-likeness (QED) is 0.591. The normalized spacial score (nSPS) is 18.9. The summed E-state index contributed by atoms with van der Waals surface area (Å²) in [5.41, 5.74) is 2.00. The summed E-state index contributed by atoms with van der Waals surface area (Å²) in [6, 6.07) is 7.02. The van der Waals surface area contributed by atoms with E-state index in [1.54, 1.807) is 35.6 Å². The Labute approximate surface area is 199 Å². The Bertz CT molecular complexity index is 1150. The van der Waals surface area contributed by atoms with Crippen LogP contribution >= 0.6 is 23.4 Å². The van der Waals surface area contributed by atoms with Crippen LogP contribution in [0.5, 0.6) is 0 Å². The Morgan fingerprint density at radius 1 is 1.12 bits per heavy atom. The molecule has 1 aromatic heterocycles. The van der Waals surface area contributed by atoms with Crippen molar-refractivity contribution in [3.05, 3.63) is 52.2 Å². The van der Waals surface area contributed by atoms with Crippen molar-refractivity contribution in [3.63, 3.8) is 0 Å². The van der Waals surface area contributed by atoms with Crippen LogP contribution in [0.1, 0.15) is 40.7 Å². The zero-order chi connectivity index (χ0) is 23.1. The molecule has 3 heterocycles. The topological polar surface area (TPSA) is 70.6 Å². The molecule has 0 unspecified atom stereocenters. The summed E-state index contributed by atoms with van der Waals surface area (Å²) in [7, 11) is -3.58. The molecule has 0 radical (unpaired) electrons. The Hall–Kier alpha value is -1.61. The van der Waals surface area contributed by atoms with Crippen LogP contribution in [-0.2, 0) is 10.0 Å². The lowest BCUT2D eigenvalue weighted by atomic mass is 9.78. The number of piperidine rings is 1. The second-order valence-corrected chi connectivity index (χ2v) is 11.9. The van der Waals surface area contributed by atoms with Gasteiger partial charge in [0.15, 0.2) is 0 Å². The molecule has 2 fully saturated rings. The standard InChI is InChI=1S/C23H28ClN3O3S2/c1-16-14-20(17(2)13-19(16)24)32(29,30)27-12-8-23(15-27)6-10-26(11-7-23)22(28)18-5-4-9-25-21(18)31-3/h4-5,9,13-14H,6-8,10-12,15H2,1-3H3. The molecule has 2 aliphatic rings. The zero-order valence-corrected chi connectivity index (χ0v) is 21.0. The number of rotatable bonds is 4.